The molecule has 7 nitrogen and oxygen atoms in total. The number of thiazole rings is 1. The topological polar surface area (TPSA) is 92.7 Å². The highest BCUT2D eigenvalue weighted by Gasteiger charge is 2.27. The van der Waals surface area contributed by atoms with E-state index in [1.165, 1.54) is 7.11 Å². The highest BCUT2D eigenvalue weighted by atomic mass is 32.1. The summed E-state index contributed by atoms with van der Waals surface area (Å²) in [6, 6.07) is 5.09. The zero-order valence-electron chi connectivity index (χ0n) is 14.1. The average Bonchev–Trinajstić information content (AvgIpc) is 3.18. The molecular formula is C17H18N4O3S. The molecule has 0 aliphatic carbocycles. The lowest BCUT2D eigenvalue weighted by Crippen LogP contribution is -2.33. The number of benzene rings is 1. The molecule has 1 saturated heterocycles. The Hall–Kier alpha value is -2.74. The SMILES string of the molecule is COC(=O)C(N=C1NC(=O)/C(=C/c2ccc3ncsc3c2)N1)C(C)C. The van der Waals surface area contributed by atoms with Crippen molar-refractivity contribution in [3.05, 3.63) is 35.0 Å². The third-order valence-electron chi connectivity index (χ3n) is 3.74. The second-order valence-corrected chi connectivity index (χ2v) is 6.79. The number of nitrogens with zero attached hydrogens (tertiary/aromatic N) is 2. The minimum absolute atomic E-state index is 0.0552. The Morgan fingerprint density at radius 2 is 2.16 bits per heavy atom. The summed E-state index contributed by atoms with van der Waals surface area (Å²) in [6.07, 6.45) is 1.74. The number of fused-ring (bicyclic) bond motifs is 1. The number of nitrogens with one attached hydrogen (secondary N) is 2. The molecule has 0 bridgehead atoms. The molecule has 1 atom stereocenters. The zero-order valence-corrected chi connectivity index (χ0v) is 14.9. The van der Waals surface area contributed by atoms with Crippen LogP contribution in [0.25, 0.3) is 16.3 Å². The number of carbonyl (C=O) groups is 2. The largest absolute Gasteiger partial charge is 0.467 e. The van der Waals surface area contributed by atoms with E-state index >= 15 is 0 Å². The van der Waals surface area contributed by atoms with Crippen molar-refractivity contribution in [1.82, 2.24) is 15.6 Å². The fraction of sp³-hybridized carbons (Fsp3) is 0.294. The van der Waals surface area contributed by atoms with Gasteiger partial charge in [0.25, 0.3) is 5.91 Å². The molecule has 2 N–H and O–H groups in total. The van der Waals surface area contributed by atoms with Crippen LogP contribution in [0, 0.1) is 5.92 Å². The zero-order chi connectivity index (χ0) is 18.0. The normalized spacial score (nSPS) is 18.6. The van der Waals surface area contributed by atoms with Gasteiger partial charge < -0.3 is 10.1 Å². The predicted molar refractivity (Wildman–Crippen MR) is 97.0 cm³/mol. The maximum Gasteiger partial charge on any atom is 0.330 e. The number of carbonyl (C=O) groups excluding carboxylic acids is 2. The summed E-state index contributed by atoms with van der Waals surface area (Å²) in [4.78, 5) is 32.5. The van der Waals surface area contributed by atoms with E-state index < -0.39 is 12.0 Å². The van der Waals surface area contributed by atoms with Crippen LogP contribution in [-0.2, 0) is 14.3 Å². The van der Waals surface area contributed by atoms with Gasteiger partial charge in [-0.3, -0.25) is 10.1 Å². The number of ether oxygens (including phenoxy) is 1. The van der Waals surface area contributed by atoms with E-state index in [9.17, 15) is 9.59 Å². The van der Waals surface area contributed by atoms with E-state index in [1.807, 2.05) is 32.0 Å². The molecule has 1 aliphatic rings. The third-order valence-corrected chi connectivity index (χ3v) is 4.53. The fourth-order valence-corrected chi connectivity index (χ4v) is 3.14. The van der Waals surface area contributed by atoms with E-state index in [0.717, 1.165) is 15.8 Å². The number of hydrogen-bond donors (Lipinski definition) is 2. The maximum atomic E-state index is 12.1. The monoisotopic (exact) mass is 358 g/mol. The van der Waals surface area contributed by atoms with Crippen molar-refractivity contribution in [3.63, 3.8) is 0 Å². The smallest absolute Gasteiger partial charge is 0.330 e. The molecule has 0 spiro atoms. The number of amides is 1. The van der Waals surface area contributed by atoms with Gasteiger partial charge in [-0.1, -0.05) is 19.9 Å². The van der Waals surface area contributed by atoms with Crippen LogP contribution in [0.4, 0.5) is 0 Å². The lowest BCUT2D eigenvalue weighted by molar-refractivity contribution is -0.143. The second-order valence-electron chi connectivity index (χ2n) is 5.91. The first kappa shape index (κ1) is 17.1. The van der Waals surface area contributed by atoms with Crippen LogP contribution in [-0.4, -0.2) is 36.0 Å². The molecule has 3 rings (SSSR count). The lowest BCUT2D eigenvalue weighted by Gasteiger charge is -2.14. The summed E-state index contributed by atoms with van der Waals surface area (Å²) in [6.45, 7) is 3.73. The Bertz CT molecular complexity index is 885. The molecule has 1 unspecified atom stereocenters. The van der Waals surface area contributed by atoms with Crippen LogP contribution < -0.4 is 10.6 Å². The number of methoxy groups -OCH3 is 1. The second kappa shape index (κ2) is 7.02. The average molecular weight is 358 g/mol. The minimum atomic E-state index is -0.680. The molecule has 1 aliphatic heterocycles. The molecule has 0 radical (unpaired) electrons. The van der Waals surface area contributed by atoms with Gasteiger partial charge in [0.2, 0.25) is 5.96 Å². The number of esters is 1. The van der Waals surface area contributed by atoms with Crippen LogP contribution in [0.3, 0.4) is 0 Å². The molecule has 130 valence electrons. The van der Waals surface area contributed by atoms with Gasteiger partial charge in [0.1, 0.15) is 5.70 Å². The molecule has 25 heavy (non-hydrogen) atoms. The van der Waals surface area contributed by atoms with Gasteiger partial charge in [-0.15, -0.1) is 11.3 Å². The molecule has 1 amide bonds. The van der Waals surface area contributed by atoms with Crippen molar-refractivity contribution in [2.75, 3.05) is 7.11 Å². The number of aliphatic imine (C=N–C) groups is 1. The molecule has 1 aromatic heterocycles. The van der Waals surface area contributed by atoms with Crippen molar-refractivity contribution in [2.24, 2.45) is 10.9 Å². The lowest BCUT2D eigenvalue weighted by atomic mass is 10.1. The summed E-state index contributed by atoms with van der Waals surface area (Å²) in [7, 11) is 1.32. The van der Waals surface area contributed by atoms with Gasteiger partial charge in [0, 0.05) is 0 Å². The molecule has 2 heterocycles. The first-order valence-electron chi connectivity index (χ1n) is 7.77. The first-order chi connectivity index (χ1) is 12.0. The van der Waals surface area contributed by atoms with E-state index in [-0.39, 0.29) is 17.8 Å². The van der Waals surface area contributed by atoms with Gasteiger partial charge >= 0.3 is 5.97 Å². The Kier molecular flexibility index (Phi) is 4.80. The summed E-state index contributed by atoms with van der Waals surface area (Å²) in [5.41, 5.74) is 3.96. The third kappa shape index (κ3) is 3.69. The number of aromatic nitrogens is 1. The Balaban J connectivity index is 1.83. The van der Waals surface area contributed by atoms with Gasteiger partial charge in [0.15, 0.2) is 6.04 Å². The van der Waals surface area contributed by atoms with E-state index in [2.05, 4.69) is 20.6 Å². The summed E-state index contributed by atoms with van der Waals surface area (Å²) >= 11 is 1.54. The molecule has 2 aromatic rings. The first-order valence-corrected chi connectivity index (χ1v) is 8.65. The fourth-order valence-electron chi connectivity index (χ4n) is 2.42. The van der Waals surface area contributed by atoms with Crippen LogP contribution in [0.5, 0.6) is 0 Å². The highest BCUT2D eigenvalue weighted by Crippen LogP contribution is 2.20. The van der Waals surface area contributed by atoms with Crippen LogP contribution >= 0.6 is 11.3 Å². The van der Waals surface area contributed by atoms with Gasteiger partial charge in [-0.05, 0) is 29.7 Å². The van der Waals surface area contributed by atoms with Crippen molar-refractivity contribution in [2.45, 2.75) is 19.9 Å². The van der Waals surface area contributed by atoms with Gasteiger partial charge in [0.05, 0.1) is 22.8 Å². The quantitative estimate of drug-likeness (QED) is 0.643. The van der Waals surface area contributed by atoms with Gasteiger partial charge in [-0.25, -0.2) is 14.8 Å². The number of hydrogen-bond acceptors (Lipinski definition) is 6. The molecular weight excluding hydrogens is 340 g/mol. The molecule has 1 fully saturated rings. The van der Waals surface area contributed by atoms with E-state index in [1.54, 1.807) is 22.9 Å². The van der Waals surface area contributed by atoms with Crippen LogP contribution in [0.15, 0.2) is 34.4 Å². The van der Waals surface area contributed by atoms with Crippen molar-refractivity contribution in [3.8, 4) is 0 Å². The Labute approximate surface area is 148 Å². The Morgan fingerprint density at radius 1 is 1.36 bits per heavy atom. The highest BCUT2D eigenvalue weighted by molar-refractivity contribution is 7.16. The van der Waals surface area contributed by atoms with E-state index in [0.29, 0.717) is 5.70 Å². The minimum Gasteiger partial charge on any atom is -0.467 e. The number of rotatable bonds is 4. The molecule has 0 saturated carbocycles. The summed E-state index contributed by atoms with van der Waals surface area (Å²) in [5.74, 6) is -0.540. The van der Waals surface area contributed by atoms with Crippen LogP contribution in [0.1, 0.15) is 19.4 Å². The summed E-state index contributed by atoms with van der Waals surface area (Å²) < 4.78 is 5.81. The molecule has 1 aromatic carbocycles. The van der Waals surface area contributed by atoms with Crippen LogP contribution in [0.2, 0.25) is 0 Å². The van der Waals surface area contributed by atoms with Crippen molar-refractivity contribution < 1.29 is 14.3 Å². The summed E-state index contributed by atoms with van der Waals surface area (Å²) in [5, 5.41) is 5.56. The number of guanidine groups is 1. The maximum absolute atomic E-state index is 12.1. The van der Waals surface area contributed by atoms with Crippen molar-refractivity contribution in [1.29, 1.82) is 0 Å². The van der Waals surface area contributed by atoms with Crippen molar-refractivity contribution >= 4 is 45.5 Å². The molecule has 8 heteroatoms. The predicted octanol–water partition coefficient (Wildman–Crippen LogP) is 1.91. The van der Waals surface area contributed by atoms with Gasteiger partial charge in [-0.2, -0.15) is 0 Å². The Morgan fingerprint density at radius 3 is 2.88 bits per heavy atom. The van der Waals surface area contributed by atoms with E-state index in [4.69, 9.17) is 4.74 Å². The standard InChI is InChI=1S/C17H18N4O3S/c1-9(2)14(16(23)24-3)20-17-19-12(15(22)21-17)6-10-4-5-11-13(7-10)25-8-18-11/h4-9,14H,1-3H3,(H2,19,20,21,22)/b12-6-.